The standard InChI is InChI=1S/C10H11N3/c11-5-8-2-1-3-9(4-8)10-6-12-13-7-10/h1-4,6-7H,5,11H2,(H,12,13). The van der Waals surface area contributed by atoms with Crippen molar-refractivity contribution in [3.05, 3.63) is 42.2 Å². The number of nitrogens with one attached hydrogen (secondary N) is 1. The number of benzene rings is 1. The summed E-state index contributed by atoms with van der Waals surface area (Å²) in [5, 5.41) is 6.68. The minimum absolute atomic E-state index is 0.575. The number of aromatic amines is 1. The first-order valence-electron chi connectivity index (χ1n) is 4.18. The molecule has 0 aliphatic heterocycles. The summed E-state index contributed by atoms with van der Waals surface area (Å²) in [6, 6.07) is 8.14. The van der Waals surface area contributed by atoms with E-state index in [-0.39, 0.29) is 0 Å². The molecule has 66 valence electrons. The fourth-order valence-electron chi connectivity index (χ4n) is 1.29. The fraction of sp³-hybridized carbons (Fsp3) is 0.100. The monoisotopic (exact) mass is 173 g/mol. The van der Waals surface area contributed by atoms with Crippen LogP contribution in [0, 0.1) is 0 Å². The van der Waals surface area contributed by atoms with Crippen LogP contribution in [0.4, 0.5) is 0 Å². The third-order valence-electron chi connectivity index (χ3n) is 1.99. The summed E-state index contributed by atoms with van der Waals surface area (Å²) in [6.45, 7) is 0.575. The molecule has 0 aliphatic rings. The highest BCUT2D eigenvalue weighted by molar-refractivity contribution is 5.62. The summed E-state index contributed by atoms with van der Waals surface area (Å²) in [5.41, 5.74) is 8.93. The van der Waals surface area contributed by atoms with Gasteiger partial charge in [0.2, 0.25) is 0 Å². The van der Waals surface area contributed by atoms with Gasteiger partial charge in [0.05, 0.1) is 6.20 Å². The Balaban J connectivity index is 2.41. The molecular formula is C10H11N3. The molecule has 0 bridgehead atoms. The van der Waals surface area contributed by atoms with Crippen molar-refractivity contribution < 1.29 is 0 Å². The third-order valence-corrected chi connectivity index (χ3v) is 1.99. The number of aromatic nitrogens is 2. The fourth-order valence-corrected chi connectivity index (χ4v) is 1.29. The van der Waals surface area contributed by atoms with E-state index in [0.717, 1.165) is 16.7 Å². The Morgan fingerprint density at radius 1 is 1.31 bits per heavy atom. The van der Waals surface area contributed by atoms with E-state index in [1.165, 1.54) is 0 Å². The maximum absolute atomic E-state index is 5.55. The van der Waals surface area contributed by atoms with E-state index in [1.54, 1.807) is 6.20 Å². The smallest absolute Gasteiger partial charge is 0.0565 e. The minimum Gasteiger partial charge on any atom is -0.326 e. The summed E-state index contributed by atoms with van der Waals surface area (Å²) in [5.74, 6) is 0. The van der Waals surface area contributed by atoms with Crippen LogP contribution in [0.3, 0.4) is 0 Å². The molecule has 0 radical (unpaired) electrons. The van der Waals surface area contributed by atoms with Crippen molar-refractivity contribution in [2.45, 2.75) is 6.54 Å². The second kappa shape index (κ2) is 3.41. The van der Waals surface area contributed by atoms with Crippen molar-refractivity contribution in [3.8, 4) is 11.1 Å². The molecule has 3 heteroatoms. The first kappa shape index (κ1) is 8.01. The van der Waals surface area contributed by atoms with E-state index < -0.39 is 0 Å². The molecule has 2 aromatic rings. The van der Waals surface area contributed by atoms with E-state index in [0.29, 0.717) is 6.54 Å². The van der Waals surface area contributed by atoms with E-state index in [1.807, 2.05) is 24.4 Å². The van der Waals surface area contributed by atoms with Crippen LogP contribution in [0.1, 0.15) is 5.56 Å². The van der Waals surface area contributed by atoms with Crippen LogP contribution in [0.2, 0.25) is 0 Å². The van der Waals surface area contributed by atoms with Crippen molar-refractivity contribution in [2.24, 2.45) is 5.73 Å². The summed E-state index contributed by atoms with van der Waals surface area (Å²) in [7, 11) is 0. The Labute approximate surface area is 76.6 Å². The maximum atomic E-state index is 5.55. The molecule has 2 rings (SSSR count). The minimum atomic E-state index is 0.575. The lowest BCUT2D eigenvalue weighted by atomic mass is 10.1. The molecule has 0 saturated carbocycles. The van der Waals surface area contributed by atoms with Gasteiger partial charge in [0, 0.05) is 18.3 Å². The Bertz CT molecular complexity index is 379. The molecule has 0 fully saturated rings. The molecule has 13 heavy (non-hydrogen) atoms. The SMILES string of the molecule is NCc1cccc(-c2cn[nH]c2)c1. The first-order valence-corrected chi connectivity index (χ1v) is 4.18. The van der Waals surface area contributed by atoms with Gasteiger partial charge in [0.25, 0.3) is 0 Å². The number of nitrogens with two attached hydrogens (primary N) is 1. The normalized spacial score (nSPS) is 10.2. The molecule has 0 atom stereocenters. The highest BCUT2D eigenvalue weighted by Crippen LogP contribution is 2.18. The zero-order valence-electron chi connectivity index (χ0n) is 7.20. The summed E-state index contributed by atoms with van der Waals surface area (Å²) >= 11 is 0. The zero-order valence-corrected chi connectivity index (χ0v) is 7.20. The second-order valence-electron chi connectivity index (χ2n) is 2.89. The molecular weight excluding hydrogens is 162 g/mol. The van der Waals surface area contributed by atoms with Crippen LogP contribution in [0.15, 0.2) is 36.7 Å². The van der Waals surface area contributed by atoms with Crippen LogP contribution in [0.5, 0.6) is 0 Å². The van der Waals surface area contributed by atoms with E-state index in [4.69, 9.17) is 5.73 Å². The van der Waals surface area contributed by atoms with Gasteiger partial charge in [-0.05, 0) is 17.2 Å². The van der Waals surface area contributed by atoms with Crippen molar-refractivity contribution in [2.75, 3.05) is 0 Å². The van der Waals surface area contributed by atoms with Gasteiger partial charge in [-0.2, -0.15) is 5.10 Å². The summed E-state index contributed by atoms with van der Waals surface area (Å²) in [6.07, 6.45) is 3.67. The number of hydrogen-bond acceptors (Lipinski definition) is 2. The lowest BCUT2D eigenvalue weighted by Gasteiger charge is -1.99. The van der Waals surface area contributed by atoms with Crippen molar-refractivity contribution in [1.82, 2.24) is 10.2 Å². The molecule has 0 spiro atoms. The highest BCUT2D eigenvalue weighted by atomic mass is 15.1. The second-order valence-corrected chi connectivity index (χ2v) is 2.89. The third kappa shape index (κ3) is 1.60. The molecule has 1 heterocycles. The predicted molar refractivity (Wildman–Crippen MR) is 51.9 cm³/mol. The molecule has 1 aromatic heterocycles. The van der Waals surface area contributed by atoms with E-state index in [2.05, 4.69) is 16.3 Å². The van der Waals surface area contributed by atoms with Gasteiger partial charge in [-0.15, -0.1) is 0 Å². The number of hydrogen-bond donors (Lipinski definition) is 2. The predicted octanol–water partition coefficient (Wildman–Crippen LogP) is 1.54. The molecule has 0 aliphatic carbocycles. The first-order chi connectivity index (χ1) is 6.40. The largest absolute Gasteiger partial charge is 0.326 e. The lowest BCUT2D eigenvalue weighted by Crippen LogP contribution is -1.95. The van der Waals surface area contributed by atoms with Gasteiger partial charge >= 0.3 is 0 Å². The van der Waals surface area contributed by atoms with Crippen molar-refractivity contribution in [3.63, 3.8) is 0 Å². The van der Waals surface area contributed by atoms with Crippen molar-refractivity contribution >= 4 is 0 Å². The van der Waals surface area contributed by atoms with E-state index in [9.17, 15) is 0 Å². The Morgan fingerprint density at radius 2 is 2.23 bits per heavy atom. The molecule has 0 saturated heterocycles. The highest BCUT2D eigenvalue weighted by Gasteiger charge is 1.98. The Kier molecular flexibility index (Phi) is 2.10. The van der Waals surface area contributed by atoms with Gasteiger partial charge in [0.1, 0.15) is 0 Å². The maximum Gasteiger partial charge on any atom is 0.0565 e. The number of nitrogens with zero attached hydrogens (tertiary/aromatic N) is 1. The van der Waals surface area contributed by atoms with E-state index >= 15 is 0 Å². The summed E-state index contributed by atoms with van der Waals surface area (Å²) < 4.78 is 0. The molecule has 3 nitrogen and oxygen atoms in total. The topological polar surface area (TPSA) is 54.7 Å². The number of H-pyrrole nitrogens is 1. The Morgan fingerprint density at radius 3 is 2.92 bits per heavy atom. The van der Waals surface area contributed by atoms with Gasteiger partial charge in [-0.1, -0.05) is 18.2 Å². The molecule has 0 amide bonds. The van der Waals surface area contributed by atoms with Gasteiger partial charge in [-0.25, -0.2) is 0 Å². The molecule has 0 unspecified atom stereocenters. The quantitative estimate of drug-likeness (QED) is 0.723. The van der Waals surface area contributed by atoms with Crippen LogP contribution < -0.4 is 5.73 Å². The van der Waals surface area contributed by atoms with Crippen molar-refractivity contribution in [1.29, 1.82) is 0 Å². The molecule has 3 N–H and O–H groups in total. The van der Waals surface area contributed by atoms with Gasteiger partial charge in [-0.3, -0.25) is 5.10 Å². The zero-order chi connectivity index (χ0) is 9.10. The summed E-state index contributed by atoms with van der Waals surface area (Å²) in [4.78, 5) is 0. The van der Waals surface area contributed by atoms with Crippen LogP contribution in [0.25, 0.3) is 11.1 Å². The van der Waals surface area contributed by atoms with Gasteiger partial charge < -0.3 is 5.73 Å². The lowest BCUT2D eigenvalue weighted by molar-refractivity contribution is 1.07. The van der Waals surface area contributed by atoms with Crippen LogP contribution in [-0.4, -0.2) is 10.2 Å². The number of rotatable bonds is 2. The van der Waals surface area contributed by atoms with Crippen LogP contribution in [-0.2, 0) is 6.54 Å². The average Bonchev–Trinajstić information content (AvgIpc) is 2.71. The van der Waals surface area contributed by atoms with Gasteiger partial charge in [0.15, 0.2) is 0 Å². The molecule has 1 aromatic carbocycles. The average molecular weight is 173 g/mol. The Hall–Kier alpha value is -1.61. The van der Waals surface area contributed by atoms with Crippen LogP contribution >= 0.6 is 0 Å².